The highest BCUT2D eigenvalue weighted by Crippen LogP contribution is 2.32. The monoisotopic (exact) mass is 432 g/mol. The van der Waals surface area contributed by atoms with Crippen LogP contribution in [0.5, 0.6) is 11.5 Å². The number of nitrogens with one attached hydrogen (secondary N) is 1. The number of hydrogen-bond donors (Lipinski definition) is 3. The number of phenols is 2. The third-order valence-corrected chi connectivity index (χ3v) is 6.23. The maximum atomic E-state index is 13.1. The smallest absolute Gasteiger partial charge is 0.257 e. The maximum Gasteiger partial charge on any atom is 0.257 e. The molecule has 0 radical (unpaired) electrons. The van der Waals surface area contributed by atoms with Crippen molar-refractivity contribution in [3.63, 3.8) is 0 Å². The third kappa shape index (κ3) is 4.08. The molecule has 8 heteroatoms. The van der Waals surface area contributed by atoms with Crippen molar-refractivity contribution in [2.45, 2.75) is 31.6 Å². The van der Waals surface area contributed by atoms with Crippen LogP contribution in [0, 0.1) is 5.92 Å². The number of aromatic nitrogens is 2. The van der Waals surface area contributed by atoms with E-state index in [1.165, 1.54) is 0 Å². The number of anilines is 1. The van der Waals surface area contributed by atoms with E-state index in [9.17, 15) is 19.8 Å². The topological polar surface area (TPSA) is 116 Å². The molecule has 5 rings (SSSR count). The molecule has 1 aliphatic heterocycles. The van der Waals surface area contributed by atoms with Gasteiger partial charge in [-0.3, -0.25) is 14.9 Å². The minimum atomic E-state index is -0.230. The van der Waals surface area contributed by atoms with Gasteiger partial charge in [-0.25, -0.2) is 9.97 Å². The van der Waals surface area contributed by atoms with Crippen LogP contribution in [0.2, 0.25) is 0 Å². The van der Waals surface area contributed by atoms with Crippen molar-refractivity contribution in [2.75, 3.05) is 18.4 Å². The van der Waals surface area contributed by atoms with E-state index in [2.05, 4.69) is 15.3 Å². The molecule has 1 saturated carbocycles. The van der Waals surface area contributed by atoms with Crippen LogP contribution in [0.1, 0.15) is 47.7 Å². The summed E-state index contributed by atoms with van der Waals surface area (Å²) in [6.45, 7) is 1.07. The molecule has 8 nitrogen and oxygen atoms in total. The highest BCUT2D eigenvalue weighted by atomic mass is 16.3. The van der Waals surface area contributed by atoms with Crippen molar-refractivity contribution in [1.29, 1.82) is 0 Å². The van der Waals surface area contributed by atoms with E-state index in [0.29, 0.717) is 24.4 Å². The summed E-state index contributed by atoms with van der Waals surface area (Å²) < 4.78 is 0. The Labute approximate surface area is 184 Å². The van der Waals surface area contributed by atoms with Crippen LogP contribution < -0.4 is 5.32 Å². The van der Waals surface area contributed by atoms with Gasteiger partial charge in [-0.2, -0.15) is 0 Å². The van der Waals surface area contributed by atoms with E-state index in [0.717, 1.165) is 36.8 Å². The van der Waals surface area contributed by atoms with Crippen LogP contribution in [0.25, 0.3) is 10.8 Å². The molecule has 1 aromatic heterocycles. The summed E-state index contributed by atoms with van der Waals surface area (Å²) in [6.07, 6.45) is 4.96. The van der Waals surface area contributed by atoms with E-state index in [1.807, 2.05) is 6.07 Å². The number of amides is 2. The molecule has 164 valence electrons. The number of phenolic OH excluding ortho intramolecular Hbond substituents is 2. The Bertz CT molecular complexity index is 1200. The molecule has 2 aromatic carbocycles. The predicted octanol–water partition coefficient (Wildman–Crippen LogP) is 3.41. The molecule has 2 amide bonds. The molecular weight excluding hydrogens is 408 g/mol. The van der Waals surface area contributed by atoms with Crippen molar-refractivity contribution in [1.82, 2.24) is 14.9 Å². The summed E-state index contributed by atoms with van der Waals surface area (Å²) in [4.78, 5) is 35.5. The van der Waals surface area contributed by atoms with Crippen molar-refractivity contribution < 1.29 is 19.8 Å². The van der Waals surface area contributed by atoms with Gasteiger partial charge in [0.05, 0.1) is 5.56 Å². The van der Waals surface area contributed by atoms with Crippen molar-refractivity contribution in [3.8, 4) is 11.5 Å². The molecule has 0 atom stereocenters. The number of hydrogen-bond acceptors (Lipinski definition) is 6. The fourth-order valence-electron chi connectivity index (χ4n) is 4.21. The first-order valence-corrected chi connectivity index (χ1v) is 10.9. The second-order valence-corrected chi connectivity index (χ2v) is 8.54. The highest BCUT2D eigenvalue weighted by Gasteiger charge is 2.31. The summed E-state index contributed by atoms with van der Waals surface area (Å²) >= 11 is 0. The van der Waals surface area contributed by atoms with Gasteiger partial charge in [-0.15, -0.1) is 0 Å². The van der Waals surface area contributed by atoms with Gasteiger partial charge in [0, 0.05) is 36.8 Å². The average Bonchev–Trinajstić information content (AvgIpc) is 3.64. The third-order valence-electron chi connectivity index (χ3n) is 6.23. The van der Waals surface area contributed by atoms with E-state index in [4.69, 9.17) is 0 Å². The van der Waals surface area contributed by atoms with Crippen molar-refractivity contribution in [2.24, 2.45) is 5.92 Å². The molecule has 0 unspecified atom stereocenters. The Hall–Kier alpha value is -3.68. The number of fused-ring (bicyclic) bond motifs is 1. The van der Waals surface area contributed by atoms with Gasteiger partial charge in [0.25, 0.3) is 5.91 Å². The Morgan fingerprint density at radius 2 is 1.75 bits per heavy atom. The number of likely N-dealkylation sites (tertiary alicyclic amines) is 1. The molecule has 2 aliphatic rings. The van der Waals surface area contributed by atoms with Crippen molar-refractivity contribution >= 4 is 28.5 Å². The molecule has 1 saturated heterocycles. The van der Waals surface area contributed by atoms with Gasteiger partial charge in [0.15, 0.2) is 0 Å². The second-order valence-electron chi connectivity index (χ2n) is 8.54. The van der Waals surface area contributed by atoms with Gasteiger partial charge in [0.2, 0.25) is 11.9 Å². The maximum absolute atomic E-state index is 13.1. The van der Waals surface area contributed by atoms with Crippen LogP contribution >= 0.6 is 0 Å². The molecule has 1 aliphatic carbocycles. The summed E-state index contributed by atoms with van der Waals surface area (Å²) in [5.41, 5.74) is 1.09. The van der Waals surface area contributed by atoms with Crippen LogP contribution in [0.3, 0.4) is 0 Å². The first-order valence-electron chi connectivity index (χ1n) is 10.9. The highest BCUT2D eigenvalue weighted by molar-refractivity contribution is 6.01. The van der Waals surface area contributed by atoms with Crippen LogP contribution in [0.15, 0.2) is 42.6 Å². The lowest BCUT2D eigenvalue weighted by molar-refractivity contribution is -0.117. The molecular formula is C24H24N4O4. The Balaban J connectivity index is 1.26. The van der Waals surface area contributed by atoms with Gasteiger partial charge in [-0.1, -0.05) is 6.07 Å². The minimum absolute atomic E-state index is 0.0222. The SMILES string of the molecule is O=C(Nc1nccc(C2CCN(C(=O)c3cc4cc(O)ccc4cc3O)CC2)n1)C1CC1. The Morgan fingerprint density at radius 3 is 2.50 bits per heavy atom. The molecule has 2 heterocycles. The zero-order valence-electron chi connectivity index (χ0n) is 17.5. The molecule has 2 fully saturated rings. The van der Waals surface area contributed by atoms with E-state index >= 15 is 0 Å². The fourth-order valence-corrected chi connectivity index (χ4v) is 4.21. The lowest BCUT2D eigenvalue weighted by Gasteiger charge is -2.32. The number of carbonyl (C=O) groups is 2. The van der Waals surface area contributed by atoms with E-state index in [-0.39, 0.29) is 40.7 Å². The van der Waals surface area contributed by atoms with E-state index < -0.39 is 0 Å². The number of piperidine rings is 1. The largest absolute Gasteiger partial charge is 0.508 e. The van der Waals surface area contributed by atoms with Crippen LogP contribution in [-0.2, 0) is 4.79 Å². The molecule has 0 spiro atoms. The van der Waals surface area contributed by atoms with Gasteiger partial charge in [0.1, 0.15) is 11.5 Å². The second kappa shape index (κ2) is 8.11. The Kier molecular flexibility index (Phi) is 5.13. The lowest BCUT2D eigenvalue weighted by atomic mass is 9.92. The lowest BCUT2D eigenvalue weighted by Crippen LogP contribution is -2.38. The summed E-state index contributed by atoms with van der Waals surface area (Å²) in [5.74, 6) is 0.384. The standard InChI is InChI=1S/C24H24N4O4/c29-18-4-3-16-13-21(30)19(12-17(16)11-18)23(32)28-9-6-14(7-10-28)20-5-8-25-24(26-20)27-22(31)15-1-2-15/h3-5,8,11-15,29-30H,1-2,6-7,9-10H2,(H,25,26,27,31). The number of carbonyl (C=O) groups excluding carboxylic acids is 2. The number of aromatic hydroxyl groups is 2. The van der Waals surface area contributed by atoms with E-state index in [1.54, 1.807) is 41.4 Å². The molecule has 3 aromatic rings. The van der Waals surface area contributed by atoms with Gasteiger partial charge in [-0.05, 0) is 66.8 Å². The number of benzene rings is 2. The first kappa shape index (κ1) is 20.2. The zero-order valence-corrected chi connectivity index (χ0v) is 17.5. The van der Waals surface area contributed by atoms with Gasteiger partial charge < -0.3 is 15.1 Å². The summed E-state index contributed by atoms with van der Waals surface area (Å²) in [5, 5.41) is 24.4. The molecule has 0 bridgehead atoms. The quantitative estimate of drug-likeness (QED) is 0.582. The summed E-state index contributed by atoms with van der Waals surface area (Å²) in [7, 11) is 0. The fraction of sp³-hybridized carbons (Fsp3) is 0.333. The zero-order chi connectivity index (χ0) is 22.2. The minimum Gasteiger partial charge on any atom is -0.508 e. The first-order chi connectivity index (χ1) is 15.5. The predicted molar refractivity (Wildman–Crippen MR) is 119 cm³/mol. The number of rotatable bonds is 4. The van der Waals surface area contributed by atoms with Crippen LogP contribution in [0.4, 0.5) is 5.95 Å². The average molecular weight is 432 g/mol. The number of nitrogens with zero attached hydrogens (tertiary/aromatic N) is 3. The normalized spacial score (nSPS) is 16.8. The van der Waals surface area contributed by atoms with Crippen LogP contribution in [-0.4, -0.2) is 50.0 Å². The summed E-state index contributed by atoms with van der Waals surface area (Å²) in [6, 6.07) is 9.85. The molecule has 3 N–H and O–H groups in total. The van der Waals surface area contributed by atoms with Gasteiger partial charge >= 0.3 is 0 Å². The molecule has 32 heavy (non-hydrogen) atoms. The van der Waals surface area contributed by atoms with Crippen molar-refractivity contribution in [3.05, 3.63) is 53.9 Å². The Morgan fingerprint density at radius 1 is 0.969 bits per heavy atom.